The van der Waals surface area contributed by atoms with E-state index in [1.165, 1.54) is 0 Å². The van der Waals surface area contributed by atoms with E-state index >= 15 is 0 Å². The van der Waals surface area contributed by atoms with Crippen molar-refractivity contribution in [3.05, 3.63) is 28.8 Å². The molecule has 0 aliphatic carbocycles. The molecule has 0 radical (unpaired) electrons. The molecule has 0 amide bonds. The highest BCUT2D eigenvalue weighted by atomic mass is 35.5. The van der Waals surface area contributed by atoms with Gasteiger partial charge in [0.2, 0.25) is 0 Å². The van der Waals surface area contributed by atoms with Crippen molar-refractivity contribution in [3.8, 4) is 5.75 Å². The van der Waals surface area contributed by atoms with Gasteiger partial charge in [-0.1, -0.05) is 11.6 Å². The highest BCUT2D eigenvalue weighted by Gasteiger charge is 2.51. The summed E-state index contributed by atoms with van der Waals surface area (Å²) in [6.45, 7) is 0.314. The molecule has 1 aliphatic heterocycles. The van der Waals surface area contributed by atoms with E-state index in [4.69, 9.17) is 26.2 Å². The van der Waals surface area contributed by atoms with Gasteiger partial charge in [0.25, 0.3) is 0 Å². The van der Waals surface area contributed by atoms with Crippen molar-refractivity contribution >= 4 is 17.6 Å². The topological polar surface area (TPSA) is 59.1 Å². The molecule has 1 atom stereocenters. The minimum absolute atomic E-state index is 0.314. The van der Waals surface area contributed by atoms with Crippen LogP contribution >= 0.6 is 11.6 Å². The van der Waals surface area contributed by atoms with Gasteiger partial charge in [0, 0.05) is 5.02 Å². The molecule has 2 rings (SSSR count). The first-order valence-electron chi connectivity index (χ1n) is 5.77. The van der Waals surface area contributed by atoms with E-state index in [-0.39, 0.29) is 0 Å². The van der Waals surface area contributed by atoms with Gasteiger partial charge in [0.1, 0.15) is 5.75 Å². The number of aliphatic carboxylic acids is 1. The monoisotopic (exact) mass is 270 g/mol. The second-order valence-electron chi connectivity index (χ2n) is 4.40. The molecule has 1 aromatic rings. The number of carboxylic acids is 1. The molecule has 0 saturated carbocycles. The fraction of sp³-hybridized carbons (Fsp3) is 0.462. The highest BCUT2D eigenvalue weighted by Crippen LogP contribution is 2.34. The van der Waals surface area contributed by atoms with Gasteiger partial charge in [-0.25, -0.2) is 4.79 Å². The summed E-state index contributed by atoms with van der Waals surface area (Å²) in [5, 5.41) is 9.63. The molecule has 1 aliphatic rings. The van der Waals surface area contributed by atoms with E-state index in [0.717, 1.165) is 24.2 Å². The highest BCUT2D eigenvalue weighted by molar-refractivity contribution is 6.30. The third-order valence-corrected chi connectivity index (χ3v) is 3.39. The quantitative estimate of drug-likeness (QED) is 0.807. The molecule has 5 heteroatoms. The lowest BCUT2D eigenvalue weighted by Gasteiger charge is -2.10. The molecular weight excluding hydrogens is 256 g/mol. The first kappa shape index (κ1) is 13.2. The van der Waals surface area contributed by atoms with Crippen LogP contribution in [0.4, 0.5) is 0 Å². The van der Waals surface area contributed by atoms with Gasteiger partial charge < -0.3 is 14.6 Å². The van der Waals surface area contributed by atoms with Crippen LogP contribution in [0.15, 0.2) is 18.2 Å². The van der Waals surface area contributed by atoms with Crippen LogP contribution < -0.4 is 4.74 Å². The molecule has 1 heterocycles. The van der Waals surface area contributed by atoms with Crippen LogP contribution in [0.5, 0.6) is 5.75 Å². The SMILES string of the molecule is COc1ccc(Cl)cc1CCCC1(C(=O)O)CO1. The zero-order valence-corrected chi connectivity index (χ0v) is 10.9. The summed E-state index contributed by atoms with van der Waals surface area (Å²) >= 11 is 5.93. The second-order valence-corrected chi connectivity index (χ2v) is 4.83. The number of ether oxygens (including phenoxy) is 2. The van der Waals surface area contributed by atoms with Crippen LogP contribution in [0.3, 0.4) is 0 Å². The van der Waals surface area contributed by atoms with Gasteiger partial charge in [-0.05, 0) is 43.0 Å². The Morgan fingerprint density at radius 3 is 2.89 bits per heavy atom. The molecule has 0 bridgehead atoms. The van der Waals surface area contributed by atoms with E-state index in [0.29, 0.717) is 18.1 Å². The van der Waals surface area contributed by atoms with Crippen molar-refractivity contribution in [3.63, 3.8) is 0 Å². The number of aryl methyl sites for hydroxylation is 1. The van der Waals surface area contributed by atoms with Gasteiger partial charge in [-0.2, -0.15) is 0 Å². The van der Waals surface area contributed by atoms with Gasteiger partial charge in [-0.3, -0.25) is 0 Å². The van der Waals surface area contributed by atoms with Crippen LogP contribution in [0.25, 0.3) is 0 Å². The number of methoxy groups -OCH3 is 1. The van der Waals surface area contributed by atoms with Crippen molar-refractivity contribution < 1.29 is 19.4 Å². The van der Waals surface area contributed by atoms with Crippen LogP contribution in [0.1, 0.15) is 18.4 Å². The van der Waals surface area contributed by atoms with Crippen molar-refractivity contribution in [1.82, 2.24) is 0 Å². The molecule has 0 spiro atoms. The summed E-state index contributed by atoms with van der Waals surface area (Å²) in [7, 11) is 1.61. The number of benzene rings is 1. The maximum atomic E-state index is 10.9. The minimum Gasteiger partial charge on any atom is -0.496 e. The minimum atomic E-state index is -0.939. The number of carboxylic acid groups (broad SMARTS) is 1. The Balaban J connectivity index is 1.94. The average Bonchev–Trinajstić information content (AvgIpc) is 3.10. The maximum absolute atomic E-state index is 10.9. The van der Waals surface area contributed by atoms with Crippen LogP contribution in [-0.2, 0) is 16.0 Å². The Bertz CT molecular complexity index is 454. The van der Waals surface area contributed by atoms with Crippen molar-refractivity contribution in [2.24, 2.45) is 0 Å². The summed E-state index contributed by atoms with van der Waals surface area (Å²) < 4.78 is 10.3. The summed E-state index contributed by atoms with van der Waals surface area (Å²) in [5.74, 6) is -0.0963. The zero-order valence-electron chi connectivity index (χ0n) is 10.1. The average molecular weight is 271 g/mol. The summed E-state index contributed by atoms with van der Waals surface area (Å²) in [4.78, 5) is 10.9. The lowest BCUT2D eigenvalue weighted by molar-refractivity contribution is -0.143. The first-order valence-corrected chi connectivity index (χ1v) is 6.15. The Morgan fingerprint density at radius 1 is 1.61 bits per heavy atom. The molecule has 4 nitrogen and oxygen atoms in total. The Hall–Kier alpha value is -1.26. The number of hydrogen-bond donors (Lipinski definition) is 1. The predicted molar refractivity (Wildman–Crippen MR) is 67.3 cm³/mol. The molecule has 1 N–H and O–H groups in total. The number of rotatable bonds is 6. The molecule has 1 saturated heterocycles. The zero-order chi connectivity index (χ0) is 13.2. The van der Waals surface area contributed by atoms with Crippen LogP contribution in [0.2, 0.25) is 5.02 Å². The largest absolute Gasteiger partial charge is 0.496 e. The lowest BCUT2D eigenvalue weighted by atomic mass is 10.00. The van der Waals surface area contributed by atoms with E-state index in [2.05, 4.69) is 0 Å². The first-order chi connectivity index (χ1) is 8.57. The normalized spacial score (nSPS) is 21.7. The van der Waals surface area contributed by atoms with Crippen molar-refractivity contribution in [1.29, 1.82) is 0 Å². The van der Waals surface area contributed by atoms with E-state index in [1.54, 1.807) is 13.2 Å². The van der Waals surface area contributed by atoms with Gasteiger partial charge in [0.05, 0.1) is 13.7 Å². The Morgan fingerprint density at radius 2 is 2.33 bits per heavy atom. The van der Waals surface area contributed by atoms with Gasteiger partial charge >= 0.3 is 5.97 Å². The smallest absolute Gasteiger partial charge is 0.338 e. The summed E-state index contributed by atoms with van der Waals surface area (Å²) in [6, 6.07) is 5.44. The van der Waals surface area contributed by atoms with Crippen molar-refractivity contribution in [2.45, 2.75) is 24.9 Å². The number of carbonyl (C=O) groups is 1. The molecule has 98 valence electrons. The number of halogens is 1. The third-order valence-electron chi connectivity index (χ3n) is 3.15. The fourth-order valence-electron chi connectivity index (χ4n) is 1.97. The van der Waals surface area contributed by atoms with Crippen LogP contribution in [0, 0.1) is 0 Å². The molecule has 1 unspecified atom stereocenters. The van der Waals surface area contributed by atoms with Crippen molar-refractivity contribution in [2.75, 3.05) is 13.7 Å². The number of hydrogen-bond acceptors (Lipinski definition) is 3. The predicted octanol–water partition coefficient (Wildman–Crippen LogP) is 2.52. The molecule has 18 heavy (non-hydrogen) atoms. The lowest BCUT2D eigenvalue weighted by Crippen LogP contribution is -2.23. The van der Waals surface area contributed by atoms with Crippen LogP contribution in [-0.4, -0.2) is 30.4 Å². The standard InChI is InChI=1S/C13H15ClO4/c1-17-11-5-4-10(14)7-9(11)3-2-6-13(8-18-13)12(15)16/h4-5,7H,2-3,6,8H2,1H3,(H,15,16). The summed E-state index contributed by atoms with van der Waals surface area (Å²) in [5.41, 5.74) is 0.0532. The Kier molecular flexibility index (Phi) is 3.78. The second kappa shape index (κ2) is 5.16. The van der Waals surface area contributed by atoms with Gasteiger partial charge in [-0.15, -0.1) is 0 Å². The molecule has 1 aromatic carbocycles. The van der Waals surface area contributed by atoms with E-state index < -0.39 is 11.6 Å². The molecule has 0 aromatic heterocycles. The van der Waals surface area contributed by atoms with E-state index in [1.807, 2.05) is 12.1 Å². The Labute approximate surface area is 110 Å². The number of epoxide rings is 1. The summed E-state index contributed by atoms with van der Waals surface area (Å²) in [6.07, 6.45) is 1.96. The molecular formula is C13H15ClO4. The van der Waals surface area contributed by atoms with E-state index in [9.17, 15) is 4.79 Å². The fourth-order valence-corrected chi connectivity index (χ4v) is 2.16. The maximum Gasteiger partial charge on any atom is 0.338 e. The van der Waals surface area contributed by atoms with Gasteiger partial charge in [0.15, 0.2) is 5.60 Å². The molecule has 1 fully saturated rings. The third kappa shape index (κ3) is 2.76.